The van der Waals surface area contributed by atoms with E-state index in [2.05, 4.69) is 10.3 Å². The van der Waals surface area contributed by atoms with Crippen molar-refractivity contribution in [1.29, 1.82) is 0 Å². The van der Waals surface area contributed by atoms with E-state index in [-0.39, 0.29) is 11.3 Å². The molecule has 0 unspecified atom stereocenters. The fourth-order valence-electron chi connectivity index (χ4n) is 3.62. The van der Waals surface area contributed by atoms with Gasteiger partial charge in [0.1, 0.15) is 15.7 Å². The van der Waals surface area contributed by atoms with Crippen LogP contribution in [0.4, 0.5) is 16.4 Å². The van der Waals surface area contributed by atoms with Gasteiger partial charge in [0, 0.05) is 30.3 Å². The lowest BCUT2D eigenvalue weighted by atomic mass is 10.1. The van der Waals surface area contributed by atoms with Crippen LogP contribution in [-0.2, 0) is 4.74 Å². The maximum atomic E-state index is 13.0. The Kier molecular flexibility index (Phi) is 5.56. The van der Waals surface area contributed by atoms with E-state index in [0.717, 1.165) is 20.8 Å². The summed E-state index contributed by atoms with van der Waals surface area (Å²) in [6, 6.07) is 14.4. The van der Waals surface area contributed by atoms with E-state index >= 15 is 0 Å². The fourth-order valence-corrected chi connectivity index (χ4v) is 5.47. The van der Waals surface area contributed by atoms with Gasteiger partial charge in [0.2, 0.25) is 0 Å². The first-order valence-corrected chi connectivity index (χ1v) is 11.7. The van der Waals surface area contributed by atoms with Crippen LogP contribution < -0.4 is 10.2 Å². The molecule has 8 nitrogen and oxygen atoms in total. The van der Waals surface area contributed by atoms with E-state index in [1.54, 1.807) is 23.5 Å². The molecule has 2 aromatic heterocycles. The molecule has 1 fully saturated rings. The average Bonchev–Trinajstić information content (AvgIpc) is 3.45. The largest absolute Gasteiger partial charge is 0.378 e. The smallest absolute Gasteiger partial charge is 0.293 e. The number of rotatable bonds is 5. The number of carbonyl (C=O) groups excluding carboxylic acids is 1. The van der Waals surface area contributed by atoms with Gasteiger partial charge in [-0.2, -0.15) is 0 Å². The molecule has 1 saturated heterocycles. The number of benzene rings is 2. The Morgan fingerprint density at radius 3 is 2.75 bits per heavy atom. The van der Waals surface area contributed by atoms with Crippen molar-refractivity contribution < 1.29 is 14.5 Å². The van der Waals surface area contributed by atoms with Crippen LogP contribution in [0.1, 0.15) is 10.4 Å². The second-order valence-corrected chi connectivity index (χ2v) is 9.11. The Hall–Kier alpha value is -3.34. The third kappa shape index (κ3) is 3.95. The average molecular weight is 467 g/mol. The Bertz CT molecular complexity index is 1280. The predicted molar refractivity (Wildman–Crippen MR) is 127 cm³/mol. The number of morpholine rings is 1. The molecule has 0 saturated carbocycles. The van der Waals surface area contributed by atoms with Gasteiger partial charge in [-0.1, -0.05) is 12.1 Å². The normalized spacial score (nSPS) is 13.9. The monoisotopic (exact) mass is 466 g/mol. The van der Waals surface area contributed by atoms with E-state index in [4.69, 9.17) is 4.74 Å². The topological polar surface area (TPSA) is 97.6 Å². The number of carbonyl (C=O) groups is 1. The summed E-state index contributed by atoms with van der Waals surface area (Å²) < 4.78 is 6.40. The maximum Gasteiger partial charge on any atom is 0.293 e. The van der Waals surface area contributed by atoms with Crippen molar-refractivity contribution in [2.24, 2.45) is 0 Å². The van der Waals surface area contributed by atoms with Crippen molar-refractivity contribution in [3.8, 4) is 10.6 Å². The van der Waals surface area contributed by atoms with Crippen LogP contribution in [-0.4, -0.2) is 42.1 Å². The minimum Gasteiger partial charge on any atom is -0.378 e. The molecule has 0 aliphatic carbocycles. The van der Waals surface area contributed by atoms with Crippen LogP contribution >= 0.6 is 22.7 Å². The highest BCUT2D eigenvalue weighted by atomic mass is 32.1. The van der Waals surface area contributed by atoms with Crippen molar-refractivity contribution in [3.63, 3.8) is 0 Å². The van der Waals surface area contributed by atoms with Gasteiger partial charge in [0.05, 0.1) is 28.4 Å². The number of nitro benzene ring substituents is 1. The summed E-state index contributed by atoms with van der Waals surface area (Å²) in [5, 5.41) is 18.0. The summed E-state index contributed by atoms with van der Waals surface area (Å²) in [6.07, 6.45) is 0. The Morgan fingerprint density at radius 1 is 1.16 bits per heavy atom. The van der Waals surface area contributed by atoms with Crippen LogP contribution in [0.2, 0.25) is 0 Å². The quantitative estimate of drug-likeness (QED) is 0.328. The molecule has 3 heterocycles. The first-order valence-electron chi connectivity index (χ1n) is 9.96. The van der Waals surface area contributed by atoms with Gasteiger partial charge in [-0.15, -0.1) is 22.7 Å². The lowest BCUT2D eigenvalue weighted by Crippen LogP contribution is -2.36. The number of thiazole rings is 1. The van der Waals surface area contributed by atoms with Crippen molar-refractivity contribution in [1.82, 2.24) is 4.98 Å². The van der Waals surface area contributed by atoms with Gasteiger partial charge in [-0.05, 0) is 35.7 Å². The number of para-hydroxylation sites is 1. The number of nitrogens with zero attached hydrogens (tertiary/aromatic N) is 3. The van der Waals surface area contributed by atoms with E-state index in [9.17, 15) is 14.9 Å². The Balaban J connectivity index is 1.41. The second-order valence-electron chi connectivity index (χ2n) is 7.16. The maximum absolute atomic E-state index is 13.0. The number of ether oxygens (including phenoxy) is 1. The zero-order chi connectivity index (χ0) is 22.1. The molecule has 1 amide bonds. The van der Waals surface area contributed by atoms with E-state index in [1.165, 1.54) is 17.4 Å². The number of aromatic nitrogens is 1. The molecule has 1 N–H and O–H groups in total. The third-order valence-electron chi connectivity index (χ3n) is 5.20. The van der Waals surface area contributed by atoms with Gasteiger partial charge >= 0.3 is 0 Å². The molecule has 32 heavy (non-hydrogen) atoms. The van der Waals surface area contributed by atoms with Crippen molar-refractivity contribution in [3.05, 3.63) is 69.6 Å². The number of hydrogen-bond acceptors (Lipinski definition) is 8. The number of nitrogens with one attached hydrogen (secondary N) is 1. The first-order chi connectivity index (χ1) is 15.6. The zero-order valence-electron chi connectivity index (χ0n) is 16.8. The lowest BCUT2D eigenvalue weighted by molar-refractivity contribution is -0.384. The van der Waals surface area contributed by atoms with Crippen molar-refractivity contribution in [2.45, 2.75) is 0 Å². The summed E-state index contributed by atoms with van der Waals surface area (Å²) >= 11 is 2.95. The Labute approximate surface area is 191 Å². The molecule has 4 aromatic rings. The number of anilines is 2. The standard InChI is InChI=1S/C22H18N4O4S2/c27-20(14-5-6-17(18(13-14)26(28)29)25-8-10-30-11-9-25)24-21-15(7-12-31-21)22-23-16-3-1-2-4-19(16)32-22/h1-7,12-13H,8-11H2,(H,24,27). The number of thiophene rings is 1. The SMILES string of the molecule is O=C(Nc1sccc1-c1nc2ccccc2s1)c1ccc(N2CCOCC2)c([N+](=O)[O-])c1. The van der Waals surface area contributed by atoms with Crippen molar-refractivity contribution >= 4 is 55.2 Å². The molecule has 162 valence electrons. The number of hydrogen-bond donors (Lipinski definition) is 1. The van der Waals surface area contributed by atoms with E-state index in [1.807, 2.05) is 40.6 Å². The lowest BCUT2D eigenvalue weighted by Gasteiger charge is -2.28. The molecule has 0 atom stereocenters. The summed E-state index contributed by atoms with van der Waals surface area (Å²) in [7, 11) is 0. The van der Waals surface area contributed by atoms with Gasteiger partial charge in [-0.25, -0.2) is 4.98 Å². The molecular formula is C22H18N4O4S2. The molecule has 1 aliphatic heterocycles. The third-order valence-corrected chi connectivity index (χ3v) is 7.10. The molecular weight excluding hydrogens is 448 g/mol. The van der Waals surface area contributed by atoms with Gasteiger partial charge in [0.15, 0.2) is 0 Å². The number of nitro groups is 1. The van der Waals surface area contributed by atoms with Gasteiger partial charge < -0.3 is 15.0 Å². The highest BCUT2D eigenvalue weighted by Gasteiger charge is 2.24. The Morgan fingerprint density at radius 2 is 1.97 bits per heavy atom. The molecule has 2 aromatic carbocycles. The van der Waals surface area contributed by atoms with Crippen LogP contribution in [0.15, 0.2) is 53.9 Å². The van der Waals surface area contributed by atoms with Crippen LogP contribution in [0.3, 0.4) is 0 Å². The molecule has 10 heteroatoms. The highest BCUT2D eigenvalue weighted by molar-refractivity contribution is 7.22. The van der Waals surface area contributed by atoms with E-state index < -0.39 is 10.8 Å². The minimum absolute atomic E-state index is 0.0860. The van der Waals surface area contributed by atoms with Gasteiger partial charge in [0.25, 0.3) is 11.6 Å². The summed E-state index contributed by atoms with van der Waals surface area (Å²) in [5.74, 6) is -0.397. The molecule has 0 bridgehead atoms. The zero-order valence-corrected chi connectivity index (χ0v) is 18.4. The fraction of sp³-hybridized carbons (Fsp3) is 0.182. The molecule has 0 spiro atoms. The van der Waals surface area contributed by atoms with Crippen LogP contribution in [0, 0.1) is 10.1 Å². The van der Waals surface area contributed by atoms with Crippen LogP contribution in [0.25, 0.3) is 20.8 Å². The van der Waals surface area contributed by atoms with Crippen LogP contribution in [0.5, 0.6) is 0 Å². The first kappa shape index (κ1) is 20.6. The van der Waals surface area contributed by atoms with E-state index in [0.29, 0.717) is 37.0 Å². The highest BCUT2D eigenvalue weighted by Crippen LogP contribution is 2.38. The number of amides is 1. The molecule has 0 radical (unpaired) electrons. The molecule has 5 rings (SSSR count). The summed E-state index contributed by atoms with van der Waals surface area (Å²) in [4.78, 5) is 30.8. The second kappa shape index (κ2) is 8.65. The molecule has 1 aliphatic rings. The van der Waals surface area contributed by atoms with Crippen molar-refractivity contribution in [2.75, 3.05) is 36.5 Å². The summed E-state index contributed by atoms with van der Waals surface area (Å²) in [6.45, 7) is 2.19. The summed E-state index contributed by atoms with van der Waals surface area (Å²) in [5.41, 5.74) is 2.39. The number of fused-ring (bicyclic) bond motifs is 1. The van der Waals surface area contributed by atoms with Gasteiger partial charge in [-0.3, -0.25) is 14.9 Å². The predicted octanol–water partition coefficient (Wildman–Crippen LogP) is 5.02. The minimum atomic E-state index is -0.445.